The summed E-state index contributed by atoms with van der Waals surface area (Å²) in [7, 11) is 1.51. The summed E-state index contributed by atoms with van der Waals surface area (Å²) in [6.07, 6.45) is 1.04. The molecular formula is C24H19Br2Cl2N3O4. The van der Waals surface area contributed by atoms with Crippen LogP contribution in [0.2, 0.25) is 10.0 Å². The van der Waals surface area contributed by atoms with Gasteiger partial charge in [-0.1, -0.05) is 41.4 Å². The summed E-state index contributed by atoms with van der Waals surface area (Å²) in [5, 5.41) is 7.61. The van der Waals surface area contributed by atoms with E-state index in [1.54, 1.807) is 48.5 Å². The minimum absolute atomic E-state index is 0.204. The fourth-order valence-corrected chi connectivity index (χ4v) is 4.29. The number of nitrogens with zero attached hydrogens (tertiary/aromatic N) is 1. The molecule has 0 spiro atoms. The lowest BCUT2D eigenvalue weighted by atomic mass is 10.2. The average Bonchev–Trinajstić information content (AvgIpc) is 2.80. The highest BCUT2D eigenvalue weighted by Gasteiger charge is 2.13. The van der Waals surface area contributed by atoms with Crippen LogP contribution >= 0.6 is 55.1 Å². The molecule has 0 heterocycles. The summed E-state index contributed by atoms with van der Waals surface area (Å²) < 4.78 is 12.7. The molecule has 0 aliphatic heterocycles. The molecule has 0 saturated heterocycles. The predicted octanol–water partition coefficient (Wildman–Crippen LogP) is 6.58. The van der Waals surface area contributed by atoms with Gasteiger partial charge in [-0.2, -0.15) is 5.10 Å². The lowest BCUT2D eigenvalue weighted by molar-refractivity contribution is -0.126. The van der Waals surface area contributed by atoms with E-state index in [2.05, 4.69) is 47.7 Å². The Kier molecular flexibility index (Phi) is 9.97. The first-order valence-electron chi connectivity index (χ1n) is 10.1. The maximum atomic E-state index is 12.1. The highest BCUT2D eigenvalue weighted by Crippen LogP contribution is 2.37. The molecule has 11 heteroatoms. The zero-order chi connectivity index (χ0) is 25.4. The van der Waals surface area contributed by atoms with Crippen molar-refractivity contribution in [2.45, 2.75) is 13.0 Å². The van der Waals surface area contributed by atoms with Gasteiger partial charge in [0.25, 0.3) is 0 Å². The first-order chi connectivity index (χ1) is 16.8. The fraction of sp³-hybridized carbons (Fsp3) is 0.125. The van der Waals surface area contributed by atoms with E-state index < -0.39 is 11.8 Å². The van der Waals surface area contributed by atoms with E-state index in [-0.39, 0.29) is 13.0 Å². The second kappa shape index (κ2) is 12.9. The number of ether oxygens (including phenoxy) is 2. The van der Waals surface area contributed by atoms with Crippen LogP contribution in [0.4, 0.5) is 5.69 Å². The number of nitrogens with one attached hydrogen (secondary N) is 2. The summed E-state index contributed by atoms with van der Waals surface area (Å²) in [4.78, 5) is 24.1. The second-order valence-electron chi connectivity index (χ2n) is 7.06. The molecule has 0 radical (unpaired) electrons. The zero-order valence-electron chi connectivity index (χ0n) is 18.3. The van der Waals surface area contributed by atoms with Crippen LogP contribution in [0.5, 0.6) is 11.5 Å². The third-order valence-corrected chi connectivity index (χ3v) is 6.38. The Hall–Kier alpha value is -2.59. The lowest BCUT2D eigenvalue weighted by Crippen LogP contribution is -2.24. The molecule has 0 saturated carbocycles. The van der Waals surface area contributed by atoms with Crippen LogP contribution in [0.1, 0.15) is 17.5 Å². The van der Waals surface area contributed by atoms with Crippen LogP contribution in [-0.4, -0.2) is 25.1 Å². The number of anilines is 1. The van der Waals surface area contributed by atoms with E-state index in [9.17, 15) is 9.59 Å². The Morgan fingerprint density at radius 3 is 2.51 bits per heavy atom. The molecule has 0 fully saturated rings. The molecule has 3 rings (SSSR count). The molecule has 0 bridgehead atoms. The van der Waals surface area contributed by atoms with Gasteiger partial charge in [-0.05, 0) is 73.8 Å². The van der Waals surface area contributed by atoms with Crippen molar-refractivity contribution in [3.8, 4) is 11.5 Å². The van der Waals surface area contributed by atoms with Crippen LogP contribution in [0.15, 0.2) is 68.6 Å². The number of rotatable bonds is 9. The van der Waals surface area contributed by atoms with Crippen LogP contribution in [0, 0.1) is 0 Å². The van der Waals surface area contributed by atoms with Gasteiger partial charge in [0, 0.05) is 20.1 Å². The van der Waals surface area contributed by atoms with Crippen LogP contribution in [0.3, 0.4) is 0 Å². The van der Waals surface area contributed by atoms with Gasteiger partial charge >= 0.3 is 0 Å². The molecular weight excluding hydrogens is 625 g/mol. The highest BCUT2D eigenvalue weighted by atomic mass is 79.9. The molecule has 7 nitrogen and oxygen atoms in total. The van der Waals surface area contributed by atoms with Gasteiger partial charge < -0.3 is 14.8 Å². The van der Waals surface area contributed by atoms with Gasteiger partial charge in [0.15, 0.2) is 11.5 Å². The molecule has 35 heavy (non-hydrogen) atoms. The normalized spacial score (nSPS) is 10.8. The molecule has 182 valence electrons. The van der Waals surface area contributed by atoms with Gasteiger partial charge in [0.2, 0.25) is 11.8 Å². The maximum Gasteiger partial charge on any atom is 0.249 e. The van der Waals surface area contributed by atoms with Crippen molar-refractivity contribution in [2.24, 2.45) is 5.10 Å². The van der Waals surface area contributed by atoms with Gasteiger partial charge in [0.05, 0.1) is 23.5 Å². The molecule has 3 aromatic rings. The topological polar surface area (TPSA) is 89.0 Å². The Labute approximate surface area is 229 Å². The number of carbonyl (C=O) groups excluding carboxylic acids is 2. The van der Waals surface area contributed by atoms with Crippen LogP contribution in [0.25, 0.3) is 0 Å². The van der Waals surface area contributed by atoms with Crippen LogP contribution < -0.4 is 20.2 Å². The number of methoxy groups -OCH3 is 1. The van der Waals surface area contributed by atoms with Crippen molar-refractivity contribution in [1.29, 1.82) is 0 Å². The maximum absolute atomic E-state index is 12.1. The Balaban J connectivity index is 1.59. The van der Waals surface area contributed by atoms with Gasteiger partial charge in [-0.15, -0.1) is 0 Å². The van der Waals surface area contributed by atoms with Crippen molar-refractivity contribution < 1.29 is 19.1 Å². The predicted molar refractivity (Wildman–Crippen MR) is 145 cm³/mol. The Morgan fingerprint density at radius 2 is 1.80 bits per heavy atom. The SMILES string of the molecule is COc1cc(C=NNC(=O)CC(=O)Nc2ccccc2Br)cc(Br)c1OCc1ccc(Cl)cc1Cl. The first kappa shape index (κ1) is 27.0. The number of halogens is 4. The summed E-state index contributed by atoms with van der Waals surface area (Å²) in [6, 6.07) is 15.7. The minimum atomic E-state index is -0.559. The average molecular weight is 644 g/mol. The highest BCUT2D eigenvalue weighted by molar-refractivity contribution is 9.11. The third kappa shape index (κ3) is 7.96. The summed E-state index contributed by atoms with van der Waals surface area (Å²) in [5.74, 6) is -0.0959. The minimum Gasteiger partial charge on any atom is -0.493 e. The standard InChI is InChI=1S/C24H19Br2Cl2N3O4/c1-34-21-9-14(8-18(26)24(21)35-13-15-6-7-16(27)10-19(15)28)12-29-31-23(33)11-22(32)30-20-5-3-2-4-17(20)25/h2-10,12H,11,13H2,1H3,(H,30,32)(H,31,33). The number of hydrogen-bond acceptors (Lipinski definition) is 5. The molecule has 2 N–H and O–H groups in total. The Bertz CT molecular complexity index is 1270. The van der Waals surface area contributed by atoms with E-state index in [4.69, 9.17) is 32.7 Å². The van der Waals surface area contributed by atoms with E-state index in [0.717, 1.165) is 10.0 Å². The second-order valence-corrected chi connectivity index (χ2v) is 9.61. The van der Waals surface area contributed by atoms with Crippen molar-refractivity contribution in [3.63, 3.8) is 0 Å². The van der Waals surface area contributed by atoms with E-state index in [0.29, 0.717) is 37.3 Å². The zero-order valence-corrected chi connectivity index (χ0v) is 23.0. The number of para-hydroxylation sites is 1. The lowest BCUT2D eigenvalue weighted by Gasteiger charge is -2.14. The largest absolute Gasteiger partial charge is 0.493 e. The van der Waals surface area contributed by atoms with Crippen LogP contribution in [-0.2, 0) is 16.2 Å². The molecule has 0 unspecified atom stereocenters. The van der Waals surface area contributed by atoms with Crippen molar-refractivity contribution in [3.05, 3.63) is 84.7 Å². The number of benzene rings is 3. The molecule has 2 amide bonds. The van der Waals surface area contributed by atoms with Crippen molar-refractivity contribution >= 4 is 78.8 Å². The quantitative estimate of drug-likeness (QED) is 0.157. The number of carbonyl (C=O) groups is 2. The first-order valence-corrected chi connectivity index (χ1v) is 12.4. The van der Waals surface area contributed by atoms with E-state index in [1.165, 1.54) is 13.3 Å². The molecule has 0 atom stereocenters. The van der Waals surface area contributed by atoms with Crippen molar-refractivity contribution in [1.82, 2.24) is 5.43 Å². The van der Waals surface area contributed by atoms with E-state index >= 15 is 0 Å². The number of hydrazone groups is 1. The summed E-state index contributed by atoms with van der Waals surface area (Å²) in [5.41, 5.74) is 4.31. The summed E-state index contributed by atoms with van der Waals surface area (Å²) in [6.45, 7) is 0.204. The monoisotopic (exact) mass is 641 g/mol. The fourth-order valence-electron chi connectivity index (χ4n) is 2.86. The molecule has 0 aromatic heterocycles. The molecule has 3 aromatic carbocycles. The van der Waals surface area contributed by atoms with Gasteiger partial charge in [0.1, 0.15) is 13.0 Å². The van der Waals surface area contributed by atoms with E-state index in [1.807, 2.05) is 6.07 Å². The summed E-state index contributed by atoms with van der Waals surface area (Å²) >= 11 is 19.0. The molecule has 0 aliphatic rings. The van der Waals surface area contributed by atoms with Crippen molar-refractivity contribution in [2.75, 3.05) is 12.4 Å². The smallest absolute Gasteiger partial charge is 0.249 e. The number of amides is 2. The van der Waals surface area contributed by atoms with Gasteiger partial charge in [-0.25, -0.2) is 5.43 Å². The third-order valence-electron chi connectivity index (χ3n) is 4.51. The van der Waals surface area contributed by atoms with Gasteiger partial charge in [-0.3, -0.25) is 9.59 Å². The molecule has 0 aliphatic carbocycles. The number of hydrogen-bond donors (Lipinski definition) is 2. The Morgan fingerprint density at radius 1 is 1.03 bits per heavy atom.